The lowest BCUT2D eigenvalue weighted by atomic mass is 10.2. The third-order valence-corrected chi connectivity index (χ3v) is 3.64. The maximum atomic E-state index is 12.2. The molecular weight excluding hydrogens is 340 g/mol. The van der Waals surface area contributed by atoms with E-state index in [1.165, 1.54) is 0 Å². The van der Waals surface area contributed by atoms with Gasteiger partial charge < -0.3 is 10.3 Å². The highest BCUT2D eigenvalue weighted by Gasteiger charge is 2.10. The van der Waals surface area contributed by atoms with Crippen LogP contribution in [-0.2, 0) is 0 Å². The number of aromatic amines is 1. The fourth-order valence-electron chi connectivity index (χ4n) is 1.99. The third kappa shape index (κ3) is 2.71. The highest BCUT2D eigenvalue weighted by molar-refractivity contribution is 9.10. The van der Waals surface area contributed by atoms with Crippen LogP contribution in [0.5, 0.6) is 0 Å². The molecule has 0 bridgehead atoms. The van der Waals surface area contributed by atoms with Gasteiger partial charge in [-0.3, -0.25) is 4.79 Å². The van der Waals surface area contributed by atoms with E-state index in [0.717, 1.165) is 15.4 Å². The number of hydrogen-bond donors (Lipinski definition) is 2. The summed E-state index contributed by atoms with van der Waals surface area (Å²) in [7, 11) is 0. The molecule has 3 aromatic rings. The smallest absolute Gasteiger partial charge is 0.272 e. The standard InChI is InChI=1S/C15H10BrClN2O/c16-10-5-4-9-6-14(19-13(9)7-10)15(20)18-12-3-1-2-11(17)8-12/h1-8,19H,(H,18,20). The van der Waals surface area contributed by atoms with E-state index in [9.17, 15) is 4.79 Å². The normalized spacial score (nSPS) is 10.7. The number of fused-ring (bicyclic) bond motifs is 1. The molecule has 0 atom stereocenters. The molecule has 0 unspecified atom stereocenters. The fourth-order valence-corrected chi connectivity index (χ4v) is 2.54. The largest absolute Gasteiger partial charge is 0.350 e. The molecule has 5 heteroatoms. The highest BCUT2D eigenvalue weighted by Crippen LogP contribution is 2.21. The van der Waals surface area contributed by atoms with Gasteiger partial charge in [0.1, 0.15) is 5.69 Å². The Hall–Kier alpha value is -1.78. The van der Waals surface area contributed by atoms with Gasteiger partial charge in [0.25, 0.3) is 5.91 Å². The molecule has 3 rings (SSSR count). The van der Waals surface area contributed by atoms with Crippen LogP contribution in [0.4, 0.5) is 5.69 Å². The summed E-state index contributed by atoms with van der Waals surface area (Å²) in [5, 5.41) is 4.38. The van der Waals surface area contributed by atoms with Crippen molar-refractivity contribution in [2.75, 3.05) is 5.32 Å². The number of benzene rings is 2. The van der Waals surface area contributed by atoms with E-state index in [2.05, 4.69) is 26.2 Å². The first kappa shape index (κ1) is 13.2. The second-order valence-electron chi connectivity index (χ2n) is 4.38. The summed E-state index contributed by atoms with van der Waals surface area (Å²) >= 11 is 9.30. The maximum Gasteiger partial charge on any atom is 0.272 e. The third-order valence-electron chi connectivity index (χ3n) is 2.91. The number of rotatable bonds is 2. The molecule has 1 heterocycles. The maximum absolute atomic E-state index is 12.2. The van der Waals surface area contributed by atoms with Crippen molar-refractivity contribution in [3.63, 3.8) is 0 Å². The summed E-state index contributed by atoms with van der Waals surface area (Å²) in [6.45, 7) is 0. The second kappa shape index (κ2) is 5.31. The highest BCUT2D eigenvalue weighted by atomic mass is 79.9. The Morgan fingerprint density at radius 2 is 2.00 bits per heavy atom. The van der Waals surface area contributed by atoms with Crippen LogP contribution in [0, 0.1) is 0 Å². The van der Waals surface area contributed by atoms with E-state index in [-0.39, 0.29) is 5.91 Å². The first-order valence-corrected chi connectivity index (χ1v) is 7.14. The molecule has 1 amide bonds. The number of nitrogens with one attached hydrogen (secondary N) is 2. The zero-order chi connectivity index (χ0) is 14.1. The molecule has 0 saturated carbocycles. The molecule has 0 fully saturated rings. The Morgan fingerprint density at radius 1 is 1.15 bits per heavy atom. The SMILES string of the molecule is O=C(Nc1cccc(Cl)c1)c1cc2ccc(Br)cc2[nH]1. The molecule has 3 nitrogen and oxygen atoms in total. The van der Waals surface area contributed by atoms with Crippen molar-refractivity contribution in [2.24, 2.45) is 0 Å². The van der Waals surface area contributed by atoms with E-state index in [1.807, 2.05) is 24.3 Å². The average molecular weight is 350 g/mol. The van der Waals surface area contributed by atoms with Gasteiger partial charge in [0.05, 0.1) is 0 Å². The zero-order valence-electron chi connectivity index (χ0n) is 10.3. The monoisotopic (exact) mass is 348 g/mol. The molecule has 2 aromatic carbocycles. The number of H-pyrrole nitrogens is 1. The summed E-state index contributed by atoms with van der Waals surface area (Å²) in [5.41, 5.74) is 2.09. The number of aromatic nitrogens is 1. The van der Waals surface area contributed by atoms with Crippen LogP contribution in [0.25, 0.3) is 10.9 Å². The number of hydrogen-bond acceptors (Lipinski definition) is 1. The molecule has 0 aliphatic rings. The van der Waals surface area contributed by atoms with Crippen molar-refractivity contribution in [2.45, 2.75) is 0 Å². The van der Waals surface area contributed by atoms with Crippen LogP contribution in [0.3, 0.4) is 0 Å². The van der Waals surface area contributed by atoms with Crippen molar-refractivity contribution in [3.05, 3.63) is 63.7 Å². The minimum absolute atomic E-state index is 0.195. The van der Waals surface area contributed by atoms with Crippen LogP contribution in [0.15, 0.2) is 53.0 Å². The van der Waals surface area contributed by atoms with Crippen LogP contribution in [-0.4, -0.2) is 10.9 Å². The lowest BCUT2D eigenvalue weighted by molar-refractivity contribution is 0.102. The number of amides is 1. The Bertz CT molecular complexity index is 797. The lowest BCUT2D eigenvalue weighted by Gasteiger charge is -2.03. The van der Waals surface area contributed by atoms with Gasteiger partial charge in [0.2, 0.25) is 0 Å². The van der Waals surface area contributed by atoms with Crippen LogP contribution >= 0.6 is 27.5 Å². The van der Waals surface area contributed by atoms with Crippen molar-refractivity contribution >= 4 is 50.0 Å². The van der Waals surface area contributed by atoms with Crippen molar-refractivity contribution in [1.29, 1.82) is 0 Å². The molecule has 0 spiro atoms. The lowest BCUT2D eigenvalue weighted by Crippen LogP contribution is -2.11. The van der Waals surface area contributed by atoms with E-state index < -0.39 is 0 Å². The predicted octanol–water partition coefficient (Wildman–Crippen LogP) is 4.84. The van der Waals surface area contributed by atoms with E-state index in [0.29, 0.717) is 16.4 Å². The summed E-state index contributed by atoms with van der Waals surface area (Å²) in [5.74, 6) is -0.195. The molecule has 1 aromatic heterocycles. The molecule has 0 aliphatic carbocycles. The van der Waals surface area contributed by atoms with Crippen molar-refractivity contribution in [1.82, 2.24) is 4.98 Å². The summed E-state index contributed by atoms with van der Waals surface area (Å²) < 4.78 is 0.966. The molecule has 0 saturated heterocycles. The molecule has 100 valence electrons. The van der Waals surface area contributed by atoms with Gasteiger partial charge in [0.15, 0.2) is 0 Å². The number of carbonyl (C=O) groups excluding carboxylic acids is 1. The first-order valence-electron chi connectivity index (χ1n) is 5.97. The van der Waals surface area contributed by atoms with Gasteiger partial charge in [-0.15, -0.1) is 0 Å². The summed E-state index contributed by atoms with van der Waals surface area (Å²) in [4.78, 5) is 15.3. The van der Waals surface area contributed by atoms with Gasteiger partial charge in [-0.05, 0) is 36.4 Å². The van der Waals surface area contributed by atoms with Crippen LogP contribution < -0.4 is 5.32 Å². The Morgan fingerprint density at radius 3 is 2.80 bits per heavy atom. The predicted molar refractivity (Wildman–Crippen MR) is 85.4 cm³/mol. The van der Waals surface area contributed by atoms with Gasteiger partial charge in [-0.25, -0.2) is 0 Å². The number of halogens is 2. The van der Waals surface area contributed by atoms with E-state index >= 15 is 0 Å². The average Bonchev–Trinajstić information content (AvgIpc) is 2.81. The number of carbonyl (C=O) groups is 1. The fraction of sp³-hybridized carbons (Fsp3) is 0. The van der Waals surface area contributed by atoms with Crippen LogP contribution in [0.2, 0.25) is 5.02 Å². The van der Waals surface area contributed by atoms with Crippen molar-refractivity contribution in [3.8, 4) is 0 Å². The summed E-state index contributed by atoms with van der Waals surface area (Å²) in [6.07, 6.45) is 0. The molecular formula is C15H10BrClN2O. The summed E-state index contributed by atoms with van der Waals surface area (Å²) in [6, 6.07) is 14.7. The second-order valence-corrected chi connectivity index (χ2v) is 5.73. The van der Waals surface area contributed by atoms with Crippen molar-refractivity contribution < 1.29 is 4.79 Å². The topological polar surface area (TPSA) is 44.9 Å². The van der Waals surface area contributed by atoms with Crippen LogP contribution in [0.1, 0.15) is 10.5 Å². The minimum Gasteiger partial charge on any atom is -0.350 e. The molecule has 20 heavy (non-hydrogen) atoms. The Balaban J connectivity index is 1.88. The quantitative estimate of drug-likeness (QED) is 0.683. The Labute approximate surface area is 129 Å². The van der Waals surface area contributed by atoms with E-state index in [4.69, 9.17) is 11.6 Å². The van der Waals surface area contributed by atoms with Gasteiger partial charge in [-0.2, -0.15) is 0 Å². The van der Waals surface area contributed by atoms with Gasteiger partial charge >= 0.3 is 0 Å². The van der Waals surface area contributed by atoms with Gasteiger partial charge in [0, 0.05) is 26.1 Å². The molecule has 0 radical (unpaired) electrons. The van der Waals surface area contributed by atoms with Gasteiger partial charge in [-0.1, -0.05) is 39.7 Å². The molecule has 0 aliphatic heterocycles. The first-order chi connectivity index (χ1) is 9.61. The molecule has 2 N–H and O–H groups in total. The minimum atomic E-state index is -0.195. The van der Waals surface area contributed by atoms with E-state index in [1.54, 1.807) is 24.3 Å². The number of anilines is 1. The zero-order valence-corrected chi connectivity index (χ0v) is 12.6. The Kier molecular flexibility index (Phi) is 3.51.